The monoisotopic (exact) mass is 522 g/mol. The summed E-state index contributed by atoms with van der Waals surface area (Å²) < 4.78 is 17.1. The summed E-state index contributed by atoms with van der Waals surface area (Å²) in [5, 5.41) is 6.14. The second-order valence-corrected chi connectivity index (χ2v) is 16.6. The predicted octanol–water partition coefficient (Wildman–Crippen LogP) is 7.13. The average molecular weight is 523 g/mol. The van der Waals surface area contributed by atoms with E-state index in [2.05, 4.69) is 53.1 Å². The van der Waals surface area contributed by atoms with Crippen molar-refractivity contribution in [1.29, 1.82) is 0 Å². The van der Waals surface area contributed by atoms with E-state index < -0.39 is 14.3 Å². The van der Waals surface area contributed by atoms with Crippen LogP contribution < -0.4 is 0 Å². The molecule has 0 aromatic carbocycles. The Morgan fingerprint density at radius 1 is 1.06 bits per heavy atom. The molecule has 2 atom stereocenters. The van der Waals surface area contributed by atoms with Crippen LogP contribution in [0.2, 0.25) is 18.1 Å². The zero-order valence-corrected chi connectivity index (χ0v) is 24.6. The number of ether oxygens (including phenoxy) is 2. The first-order valence-electron chi connectivity index (χ1n) is 11.4. The van der Waals surface area contributed by atoms with Gasteiger partial charge in [-0.2, -0.15) is 0 Å². The first-order valence-corrected chi connectivity index (χ1v) is 16.1. The van der Waals surface area contributed by atoms with E-state index in [9.17, 15) is 4.79 Å². The van der Waals surface area contributed by atoms with Crippen LogP contribution >= 0.6 is 22.7 Å². The number of rotatable bonds is 10. The molecule has 2 heterocycles. The van der Waals surface area contributed by atoms with Gasteiger partial charge in [0, 0.05) is 22.6 Å². The highest BCUT2D eigenvalue weighted by Crippen LogP contribution is 2.39. The summed E-state index contributed by atoms with van der Waals surface area (Å²) in [6.07, 6.45) is 5.09. The van der Waals surface area contributed by atoms with Crippen molar-refractivity contribution < 1.29 is 18.7 Å². The molecule has 0 bridgehead atoms. The van der Waals surface area contributed by atoms with Crippen LogP contribution in [0.1, 0.15) is 58.2 Å². The maximum absolute atomic E-state index is 11.9. The number of aromatic nitrogens is 2. The molecule has 0 aliphatic heterocycles. The lowest BCUT2D eigenvalue weighted by atomic mass is 10.0. The zero-order valence-electron chi connectivity index (χ0n) is 22.0. The van der Waals surface area contributed by atoms with Crippen LogP contribution in [-0.2, 0) is 18.7 Å². The zero-order chi connectivity index (χ0) is 25.7. The van der Waals surface area contributed by atoms with Crippen molar-refractivity contribution in [3.63, 3.8) is 0 Å². The summed E-state index contributed by atoms with van der Waals surface area (Å²) in [7, 11) is 0.806. The molecule has 0 saturated carbocycles. The van der Waals surface area contributed by atoms with Crippen molar-refractivity contribution in [2.45, 2.75) is 71.7 Å². The molecule has 0 fully saturated rings. The molecule has 0 unspecified atom stereocenters. The van der Waals surface area contributed by atoms with E-state index >= 15 is 0 Å². The molecule has 0 aliphatic rings. The minimum atomic E-state index is -2.11. The third-order valence-electron chi connectivity index (χ3n) is 6.09. The van der Waals surface area contributed by atoms with Gasteiger partial charge in [0.2, 0.25) is 0 Å². The molecule has 2 rings (SSSR count). The fourth-order valence-electron chi connectivity index (χ4n) is 2.86. The van der Waals surface area contributed by atoms with Gasteiger partial charge in [0.05, 0.1) is 37.1 Å². The van der Waals surface area contributed by atoms with Gasteiger partial charge in [0.25, 0.3) is 0 Å². The fraction of sp³-hybridized carbons (Fsp3) is 0.560. The Bertz CT molecular complexity index is 1020. The molecule has 0 radical (unpaired) electrons. The second-order valence-electron chi connectivity index (χ2n) is 10.1. The van der Waals surface area contributed by atoms with Crippen molar-refractivity contribution in [2.24, 2.45) is 5.92 Å². The van der Waals surface area contributed by atoms with Crippen molar-refractivity contribution in [3.05, 3.63) is 39.4 Å². The number of carbonyl (C=O) groups excluding carboxylic acids is 1. The highest BCUT2D eigenvalue weighted by molar-refractivity contribution is 7.14. The van der Waals surface area contributed by atoms with E-state index in [1.165, 1.54) is 13.2 Å². The molecule has 0 aliphatic carbocycles. The second kappa shape index (κ2) is 11.7. The smallest absolute Gasteiger partial charge is 0.333 e. The van der Waals surface area contributed by atoms with Crippen LogP contribution in [0.25, 0.3) is 16.8 Å². The number of carbonyl (C=O) groups is 1. The van der Waals surface area contributed by atoms with Gasteiger partial charge in [-0.25, -0.2) is 14.8 Å². The molecule has 6 nitrogen and oxygen atoms in total. The highest BCUT2D eigenvalue weighted by Gasteiger charge is 2.40. The Morgan fingerprint density at radius 2 is 1.74 bits per heavy atom. The van der Waals surface area contributed by atoms with Gasteiger partial charge < -0.3 is 13.9 Å². The molecule has 0 spiro atoms. The summed E-state index contributed by atoms with van der Waals surface area (Å²) in [5.74, 6) is 0.273. The quantitative estimate of drug-likeness (QED) is 0.143. The predicted molar refractivity (Wildman–Crippen MR) is 145 cm³/mol. The maximum atomic E-state index is 11.9. The van der Waals surface area contributed by atoms with Crippen LogP contribution in [0.5, 0.6) is 0 Å². The standard InChI is InChI=1S/C25H38N2O4S2Si/c1-16(2)23-27-19(15-33-23)24-26-18(14-32-24)11-12-20(31-34(9,10)25(4,5)6)17(3)21(29-7)13-22(28)30-8/h11-17,20H,1-10H3/b12-11+,21-13+/t17-,20+/m1/s1. The lowest BCUT2D eigenvalue weighted by Gasteiger charge is -2.40. The molecule has 0 saturated heterocycles. The van der Waals surface area contributed by atoms with Crippen LogP contribution in [0.3, 0.4) is 0 Å². The van der Waals surface area contributed by atoms with E-state index in [4.69, 9.17) is 23.9 Å². The Kier molecular flexibility index (Phi) is 9.82. The number of methoxy groups -OCH3 is 2. The van der Waals surface area contributed by atoms with E-state index in [0.29, 0.717) is 11.7 Å². The lowest BCUT2D eigenvalue weighted by molar-refractivity contribution is -0.135. The Morgan fingerprint density at radius 3 is 2.26 bits per heavy atom. The molecular weight excluding hydrogens is 485 g/mol. The van der Waals surface area contributed by atoms with Gasteiger partial charge >= 0.3 is 5.97 Å². The van der Waals surface area contributed by atoms with E-state index in [1.54, 1.807) is 29.8 Å². The largest absolute Gasteiger partial charge is 0.500 e. The highest BCUT2D eigenvalue weighted by atomic mass is 32.1. The van der Waals surface area contributed by atoms with Crippen molar-refractivity contribution in [1.82, 2.24) is 9.97 Å². The minimum Gasteiger partial charge on any atom is -0.500 e. The summed E-state index contributed by atoms with van der Waals surface area (Å²) in [6, 6.07) is 0. The van der Waals surface area contributed by atoms with Crippen molar-refractivity contribution in [3.8, 4) is 10.7 Å². The third kappa shape index (κ3) is 7.34. The molecular formula is C25H38N2O4S2Si. The Hall–Kier alpha value is -1.81. The summed E-state index contributed by atoms with van der Waals surface area (Å²) in [5.41, 5.74) is 1.77. The summed E-state index contributed by atoms with van der Waals surface area (Å²) in [6.45, 7) is 17.3. The van der Waals surface area contributed by atoms with Gasteiger partial charge in [-0.1, -0.05) is 47.6 Å². The van der Waals surface area contributed by atoms with Crippen LogP contribution in [-0.4, -0.2) is 44.6 Å². The van der Waals surface area contributed by atoms with E-state index in [1.807, 2.05) is 24.5 Å². The van der Waals surface area contributed by atoms with Crippen molar-refractivity contribution in [2.75, 3.05) is 14.2 Å². The van der Waals surface area contributed by atoms with E-state index in [0.717, 1.165) is 21.4 Å². The molecule has 0 amide bonds. The van der Waals surface area contributed by atoms with E-state index in [-0.39, 0.29) is 17.1 Å². The van der Waals surface area contributed by atoms with Crippen LogP contribution in [0.15, 0.2) is 28.7 Å². The van der Waals surface area contributed by atoms with Gasteiger partial charge in [0.1, 0.15) is 16.5 Å². The van der Waals surface area contributed by atoms with Gasteiger partial charge in [-0.3, -0.25) is 0 Å². The average Bonchev–Trinajstić information content (AvgIpc) is 3.43. The minimum absolute atomic E-state index is 0.0324. The molecule has 188 valence electrons. The van der Waals surface area contributed by atoms with Gasteiger partial charge in [-0.05, 0) is 24.2 Å². The first kappa shape index (κ1) is 28.4. The number of nitrogens with zero attached hydrogens (tertiary/aromatic N) is 2. The Labute approximate surface area is 213 Å². The maximum Gasteiger partial charge on any atom is 0.333 e. The topological polar surface area (TPSA) is 70.5 Å². The van der Waals surface area contributed by atoms with Gasteiger partial charge in [0.15, 0.2) is 8.32 Å². The number of thiazole rings is 2. The molecule has 34 heavy (non-hydrogen) atoms. The third-order valence-corrected chi connectivity index (χ3v) is 12.6. The molecule has 2 aromatic heterocycles. The SMILES string of the molecule is COC(=O)/C=C(/OC)[C@H](C)[C@H](/C=C/c1csc(-c2csc(C(C)C)n2)n1)O[Si](C)(C)C(C)(C)C. The first-order chi connectivity index (χ1) is 15.8. The number of hydrogen-bond donors (Lipinski definition) is 0. The van der Waals surface area contributed by atoms with Crippen LogP contribution in [0.4, 0.5) is 0 Å². The molecule has 2 aromatic rings. The fourth-order valence-corrected chi connectivity index (χ4v) is 5.82. The number of hydrogen-bond acceptors (Lipinski definition) is 8. The van der Waals surface area contributed by atoms with Gasteiger partial charge in [-0.15, -0.1) is 22.7 Å². The normalized spacial score (nSPS) is 15.1. The summed E-state index contributed by atoms with van der Waals surface area (Å²) in [4.78, 5) is 21.4. The molecule has 9 heteroatoms. The Balaban J connectivity index is 2.34. The molecule has 0 N–H and O–H groups in total. The lowest BCUT2D eigenvalue weighted by Crippen LogP contribution is -2.45. The number of esters is 1. The summed E-state index contributed by atoms with van der Waals surface area (Å²) >= 11 is 3.25. The van der Waals surface area contributed by atoms with Crippen molar-refractivity contribution >= 4 is 43.0 Å². The van der Waals surface area contributed by atoms with Crippen LogP contribution in [0, 0.1) is 5.92 Å².